The van der Waals surface area contributed by atoms with E-state index in [1.807, 2.05) is 6.92 Å². The van der Waals surface area contributed by atoms with Gasteiger partial charge in [-0.3, -0.25) is 0 Å². The predicted octanol–water partition coefficient (Wildman–Crippen LogP) is 2.50. The Morgan fingerprint density at radius 1 is 1.31 bits per heavy atom. The summed E-state index contributed by atoms with van der Waals surface area (Å²) in [4.78, 5) is 0. The van der Waals surface area contributed by atoms with Crippen molar-refractivity contribution in [2.24, 2.45) is 0 Å². The van der Waals surface area contributed by atoms with Gasteiger partial charge in [-0.15, -0.1) is 0 Å². The number of benzene rings is 1. The Morgan fingerprint density at radius 3 is 2.38 bits per heavy atom. The van der Waals surface area contributed by atoms with E-state index in [0.717, 1.165) is 6.42 Å². The molecule has 0 heterocycles. The second-order valence-electron chi connectivity index (χ2n) is 4.89. The summed E-state index contributed by atoms with van der Waals surface area (Å²) in [5.41, 5.74) is 2.66. The number of aliphatic hydroxyl groups is 1. The molecule has 88 valence electrons. The van der Waals surface area contributed by atoms with Crippen LogP contribution in [0.25, 0.3) is 0 Å². The Morgan fingerprint density at radius 2 is 1.94 bits per heavy atom. The molecule has 1 aliphatic carbocycles. The Balaban J connectivity index is 2.02. The van der Waals surface area contributed by atoms with E-state index in [1.165, 1.54) is 24.0 Å². The Labute approximate surface area is 97.3 Å². The van der Waals surface area contributed by atoms with Gasteiger partial charge in [0.2, 0.25) is 0 Å². The monoisotopic (exact) mass is 220 g/mol. The SMILES string of the molecule is COC1(Cc2ccc(C(C)CO)cc2)CC1. The van der Waals surface area contributed by atoms with Crippen LogP contribution in [0.2, 0.25) is 0 Å². The molecular formula is C14H20O2. The van der Waals surface area contributed by atoms with Gasteiger partial charge in [0.05, 0.1) is 5.60 Å². The van der Waals surface area contributed by atoms with Crippen molar-refractivity contribution in [2.75, 3.05) is 13.7 Å². The van der Waals surface area contributed by atoms with Gasteiger partial charge in [-0.25, -0.2) is 0 Å². The molecule has 1 saturated carbocycles. The van der Waals surface area contributed by atoms with Crippen LogP contribution in [0.15, 0.2) is 24.3 Å². The third kappa shape index (κ3) is 2.45. The minimum absolute atomic E-state index is 0.129. The molecule has 0 aliphatic heterocycles. The second kappa shape index (κ2) is 4.56. The molecule has 1 atom stereocenters. The van der Waals surface area contributed by atoms with Gasteiger partial charge in [0.15, 0.2) is 0 Å². The van der Waals surface area contributed by atoms with Crippen molar-refractivity contribution in [3.8, 4) is 0 Å². The summed E-state index contributed by atoms with van der Waals surface area (Å²) in [6, 6.07) is 8.53. The molecule has 0 aromatic heterocycles. The molecule has 1 unspecified atom stereocenters. The van der Waals surface area contributed by atoms with Crippen LogP contribution in [0.5, 0.6) is 0 Å². The van der Waals surface area contributed by atoms with Crippen molar-refractivity contribution in [3.63, 3.8) is 0 Å². The zero-order chi connectivity index (χ0) is 11.6. The minimum atomic E-state index is 0.129. The largest absolute Gasteiger partial charge is 0.396 e. The summed E-state index contributed by atoms with van der Waals surface area (Å²) in [5.74, 6) is 0.228. The molecule has 0 spiro atoms. The zero-order valence-electron chi connectivity index (χ0n) is 10.1. The number of methoxy groups -OCH3 is 1. The van der Waals surface area contributed by atoms with E-state index in [-0.39, 0.29) is 18.1 Å². The van der Waals surface area contributed by atoms with Gasteiger partial charge in [-0.1, -0.05) is 31.2 Å². The van der Waals surface area contributed by atoms with Crippen molar-refractivity contribution in [1.82, 2.24) is 0 Å². The second-order valence-corrected chi connectivity index (χ2v) is 4.89. The van der Waals surface area contributed by atoms with Crippen molar-refractivity contribution in [2.45, 2.75) is 37.7 Å². The Bertz CT molecular complexity index is 338. The third-order valence-corrected chi connectivity index (χ3v) is 3.59. The van der Waals surface area contributed by atoms with Crippen molar-refractivity contribution in [1.29, 1.82) is 0 Å². The lowest BCUT2D eigenvalue weighted by Gasteiger charge is -2.14. The van der Waals surface area contributed by atoms with Gasteiger partial charge in [0.25, 0.3) is 0 Å². The summed E-state index contributed by atoms with van der Waals surface area (Å²) < 4.78 is 5.51. The molecule has 1 N–H and O–H groups in total. The summed E-state index contributed by atoms with van der Waals surface area (Å²) in [7, 11) is 1.80. The fourth-order valence-electron chi connectivity index (χ4n) is 2.03. The Kier molecular flexibility index (Phi) is 3.31. The maximum Gasteiger partial charge on any atom is 0.0721 e. The van der Waals surface area contributed by atoms with Crippen LogP contribution in [-0.4, -0.2) is 24.4 Å². The highest BCUT2D eigenvalue weighted by molar-refractivity contribution is 5.27. The van der Waals surface area contributed by atoms with Gasteiger partial charge in [-0.2, -0.15) is 0 Å². The molecule has 1 aromatic carbocycles. The normalized spacial score (nSPS) is 19.4. The van der Waals surface area contributed by atoms with Gasteiger partial charge in [-0.05, 0) is 24.0 Å². The van der Waals surface area contributed by atoms with Crippen LogP contribution in [-0.2, 0) is 11.2 Å². The first kappa shape index (κ1) is 11.6. The number of rotatable bonds is 5. The lowest BCUT2D eigenvalue weighted by molar-refractivity contribution is 0.0807. The van der Waals surface area contributed by atoms with E-state index >= 15 is 0 Å². The number of hydrogen-bond donors (Lipinski definition) is 1. The van der Waals surface area contributed by atoms with Crippen LogP contribution in [0.3, 0.4) is 0 Å². The highest BCUT2D eigenvalue weighted by Crippen LogP contribution is 2.41. The van der Waals surface area contributed by atoms with Crippen molar-refractivity contribution >= 4 is 0 Å². The summed E-state index contributed by atoms with van der Waals surface area (Å²) in [6.45, 7) is 2.24. The van der Waals surface area contributed by atoms with Crippen LogP contribution >= 0.6 is 0 Å². The molecule has 2 nitrogen and oxygen atoms in total. The fraction of sp³-hybridized carbons (Fsp3) is 0.571. The van der Waals surface area contributed by atoms with E-state index in [0.29, 0.717) is 0 Å². The molecule has 1 aliphatic rings. The standard InChI is InChI=1S/C14H20O2/c1-11(10-15)13-5-3-12(4-6-13)9-14(16-2)7-8-14/h3-6,11,15H,7-10H2,1-2H3. The van der Waals surface area contributed by atoms with E-state index in [4.69, 9.17) is 9.84 Å². The van der Waals surface area contributed by atoms with Crippen LogP contribution in [0, 0.1) is 0 Å². The molecule has 0 bridgehead atoms. The van der Waals surface area contributed by atoms with E-state index in [9.17, 15) is 0 Å². The van der Waals surface area contributed by atoms with Crippen LogP contribution < -0.4 is 0 Å². The average Bonchev–Trinajstić information content (AvgIpc) is 3.09. The molecule has 1 fully saturated rings. The minimum Gasteiger partial charge on any atom is -0.396 e. The highest BCUT2D eigenvalue weighted by Gasteiger charge is 2.42. The topological polar surface area (TPSA) is 29.5 Å². The average molecular weight is 220 g/mol. The molecule has 0 amide bonds. The Hall–Kier alpha value is -0.860. The molecular weight excluding hydrogens is 200 g/mol. The summed E-state index contributed by atoms with van der Waals surface area (Å²) in [5, 5.41) is 9.07. The van der Waals surface area contributed by atoms with Gasteiger partial charge in [0, 0.05) is 26.1 Å². The quantitative estimate of drug-likeness (QED) is 0.826. The first-order chi connectivity index (χ1) is 7.69. The predicted molar refractivity (Wildman–Crippen MR) is 64.6 cm³/mol. The van der Waals surface area contributed by atoms with Crippen molar-refractivity contribution < 1.29 is 9.84 Å². The van der Waals surface area contributed by atoms with Gasteiger partial charge in [0.1, 0.15) is 0 Å². The number of aliphatic hydroxyl groups excluding tert-OH is 1. The molecule has 2 rings (SSSR count). The van der Waals surface area contributed by atoms with Crippen LogP contribution in [0.4, 0.5) is 0 Å². The van der Waals surface area contributed by atoms with E-state index in [2.05, 4.69) is 24.3 Å². The summed E-state index contributed by atoms with van der Waals surface area (Å²) >= 11 is 0. The van der Waals surface area contributed by atoms with Crippen molar-refractivity contribution in [3.05, 3.63) is 35.4 Å². The number of ether oxygens (including phenoxy) is 1. The highest BCUT2D eigenvalue weighted by atomic mass is 16.5. The number of hydrogen-bond acceptors (Lipinski definition) is 2. The molecule has 0 saturated heterocycles. The van der Waals surface area contributed by atoms with Crippen LogP contribution in [0.1, 0.15) is 36.8 Å². The maximum absolute atomic E-state index is 9.07. The van der Waals surface area contributed by atoms with Gasteiger partial charge >= 0.3 is 0 Å². The molecule has 16 heavy (non-hydrogen) atoms. The van der Waals surface area contributed by atoms with E-state index < -0.39 is 0 Å². The van der Waals surface area contributed by atoms with E-state index in [1.54, 1.807) is 7.11 Å². The van der Waals surface area contributed by atoms with Gasteiger partial charge < -0.3 is 9.84 Å². The zero-order valence-corrected chi connectivity index (χ0v) is 10.1. The molecule has 0 radical (unpaired) electrons. The fourth-order valence-corrected chi connectivity index (χ4v) is 2.03. The maximum atomic E-state index is 9.07. The third-order valence-electron chi connectivity index (χ3n) is 3.59. The lowest BCUT2D eigenvalue weighted by Crippen LogP contribution is -2.14. The first-order valence-electron chi connectivity index (χ1n) is 5.94. The molecule has 1 aromatic rings. The summed E-state index contributed by atoms with van der Waals surface area (Å²) in [6.07, 6.45) is 3.37. The lowest BCUT2D eigenvalue weighted by atomic mass is 9.98. The first-order valence-corrected chi connectivity index (χ1v) is 5.94. The smallest absolute Gasteiger partial charge is 0.0721 e. The molecule has 2 heteroatoms.